The summed E-state index contributed by atoms with van der Waals surface area (Å²) in [6.45, 7) is 0. The van der Waals surface area contributed by atoms with E-state index in [0.717, 1.165) is 39.7 Å². The minimum absolute atomic E-state index is 0.471. The van der Waals surface area contributed by atoms with Gasteiger partial charge in [-0.05, 0) is 99.1 Å². The lowest BCUT2D eigenvalue weighted by Gasteiger charge is -2.39. The fourth-order valence-electron chi connectivity index (χ4n) is 9.67. The van der Waals surface area contributed by atoms with Gasteiger partial charge in [-0.25, -0.2) is 0 Å². The van der Waals surface area contributed by atoms with Crippen LogP contribution in [0.25, 0.3) is 53.6 Å². The Hall–Kier alpha value is -7.20. The molecule has 0 saturated heterocycles. The molecule has 58 heavy (non-hydrogen) atoms. The van der Waals surface area contributed by atoms with E-state index in [4.69, 9.17) is 4.74 Å². The number of fused-ring (bicyclic) bond motifs is 12. The molecule has 272 valence electrons. The molecular formula is C55H35NOS. The van der Waals surface area contributed by atoms with Crippen LogP contribution in [0.3, 0.4) is 0 Å². The summed E-state index contributed by atoms with van der Waals surface area (Å²) in [6, 6.07) is 77.2. The highest BCUT2D eigenvalue weighted by Crippen LogP contribution is 2.62. The average Bonchev–Trinajstić information content (AvgIpc) is 3.82. The van der Waals surface area contributed by atoms with Gasteiger partial charge in [0.1, 0.15) is 11.5 Å². The van der Waals surface area contributed by atoms with E-state index in [0.29, 0.717) is 0 Å². The van der Waals surface area contributed by atoms with Crippen LogP contribution in [0.1, 0.15) is 22.3 Å². The molecule has 0 unspecified atom stereocenters. The molecule has 1 spiro atoms. The predicted molar refractivity (Wildman–Crippen MR) is 242 cm³/mol. The number of benzene rings is 9. The van der Waals surface area contributed by atoms with E-state index in [1.165, 1.54) is 64.7 Å². The largest absolute Gasteiger partial charge is 0.457 e. The van der Waals surface area contributed by atoms with Crippen molar-refractivity contribution in [2.24, 2.45) is 0 Å². The van der Waals surface area contributed by atoms with Gasteiger partial charge in [-0.2, -0.15) is 0 Å². The van der Waals surface area contributed by atoms with Crippen molar-refractivity contribution in [3.05, 3.63) is 235 Å². The number of anilines is 3. The van der Waals surface area contributed by atoms with E-state index >= 15 is 0 Å². The van der Waals surface area contributed by atoms with Gasteiger partial charge in [0.05, 0.1) is 11.1 Å². The Morgan fingerprint density at radius 3 is 1.78 bits per heavy atom. The monoisotopic (exact) mass is 757 g/mol. The van der Waals surface area contributed by atoms with Gasteiger partial charge in [0.25, 0.3) is 0 Å². The number of para-hydroxylation sites is 1. The second kappa shape index (κ2) is 12.9. The SMILES string of the molecule is c1ccc(-c2cccc(N(c3ccc(-c4ccc5c(c4)Oc4ccccc4C54c5ccccc5-c5ccccc54)cc3)c3cccc4sc5ccccc5c34)c2)cc1. The summed E-state index contributed by atoms with van der Waals surface area (Å²) in [5, 5.41) is 2.55. The summed E-state index contributed by atoms with van der Waals surface area (Å²) in [6.07, 6.45) is 0. The Kier molecular flexibility index (Phi) is 7.35. The molecule has 1 aromatic heterocycles. The third-order valence-corrected chi connectivity index (χ3v) is 13.3. The molecule has 12 rings (SSSR count). The first-order valence-electron chi connectivity index (χ1n) is 19.8. The molecule has 2 aliphatic rings. The second-order valence-electron chi connectivity index (χ2n) is 15.2. The van der Waals surface area contributed by atoms with Crippen LogP contribution >= 0.6 is 11.3 Å². The molecule has 3 heteroatoms. The van der Waals surface area contributed by atoms with Crippen LogP contribution in [0.5, 0.6) is 11.5 Å². The van der Waals surface area contributed by atoms with Crippen LogP contribution < -0.4 is 9.64 Å². The minimum atomic E-state index is -0.471. The molecule has 0 N–H and O–H groups in total. The van der Waals surface area contributed by atoms with E-state index in [2.05, 4.69) is 217 Å². The smallest absolute Gasteiger partial charge is 0.132 e. The zero-order chi connectivity index (χ0) is 38.2. The van der Waals surface area contributed by atoms with Crippen molar-refractivity contribution < 1.29 is 4.74 Å². The lowest BCUT2D eigenvalue weighted by molar-refractivity contribution is 0.436. The molecule has 10 aromatic rings. The van der Waals surface area contributed by atoms with Crippen molar-refractivity contribution in [3.8, 4) is 44.9 Å². The number of rotatable bonds is 5. The quantitative estimate of drug-likeness (QED) is 0.173. The molecule has 2 nitrogen and oxygen atoms in total. The Bertz CT molecular complexity index is 3170. The van der Waals surface area contributed by atoms with Crippen molar-refractivity contribution in [3.63, 3.8) is 0 Å². The minimum Gasteiger partial charge on any atom is -0.457 e. The lowest BCUT2D eigenvalue weighted by atomic mass is 9.66. The first-order chi connectivity index (χ1) is 28.8. The van der Waals surface area contributed by atoms with E-state index < -0.39 is 5.41 Å². The number of ether oxygens (including phenoxy) is 1. The van der Waals surface area contributed by atoms with E-state index in [1.54, 1.807) is 0 Å². The predicted octanol–water partition coefficient (Wildman–Crippen LogP) is 15.3. The van der Waals surface area contributed by atoms with Crippen molar-refractivity contribution in [1.82, 2.24) is 0 Å². The Balaban J connectivity index is 1.000. The molecule has 0 saturated carbocycles. The molecule has 0 atom stereocenters. The van der Waals surface area contributed by atoms with Crippen molar-refractivity contribution in [1.29, 1.82) is 0 Å². The van der Waals surface area contributed by atoms with Gasteiger partial charge in [-0.3, -0.25) is 0 Å². The van der Waals surface area contributed by atoms with Crippen molar-refractivity contribution >= 4 is 48.6 Å². The highest BCUT2D eigenvalue weighted by atomic mass is 32.1. The maximum Gasteiger partial charge on any atom is 0.132 e. The molecule has 0 bridgehead atoms. The lowest BCUT2D eigenvalue weighted by Crippen LogP contribution is -2.32. The Morgan fingerprint density at radius 1 is 0.379 bits per heavy atom. The first-order valence-corrected chi connectivity index (χ1v) is 20.6. The average molecular weight is 758 g/mol. The molecule has 0 radical (unpaired) electrons. The number of hydrogen-bond acceptors (Lipinski definition) is 3. The fourth-order valence-corrected chi connectivity index (χ4v) is 10.8. The zero-order valence-electron chi connectivity index (χ0n) is 31.5. The third-order valence-electron chi connectivity index (χ3n) is 12.1. The van der Waals surface area contributed by atoms with E-state index in [9.17, 15) is 0 Å². The zero-order valence-corrected chi connectivity index (χ0v) is 32.3. The molecule has 0 fully saturated rings. The summed E-state index contributed by atoms with van der Waals surface area (Å²) in [7, 11) is 0. The summed E-state index contributed by atoms with van der Waals surface area (Å²) in [5.74, 6) is 1.79. The van der Waals surface area contributed by atoms with Gasteiger partial charge < -0.3 is 9.64 Å². The van der Waals surface area contributed by atoms with Gasteiger partial charge >= 0.3 is 0 Å². The molecule has 0 amide bonds. The van der Waals surface area contributed by atoms with Gasteiger partial charge in [-0.15, -0.1) is 11.3 Å². The highest BCUT2D eigenvalue weighted by molar-refractivity contribution is 7.26. The van der Waals surface area contributed by atoms with Crippen LogP contribution in [-0.4, -0.2) is 0 Å². The maximum absolute atomic E-state index is 6.84. The maximum atomic E-state index is 6.84. The standard InChI is InChI=1S/C55H35NOS/c1-2-14-36(15-3-1)38-16-12-17-41(34-38)56(49-24-13-27-53-54(49)44-20-6-11-26-52(44)58-53)40-31-28-37(29-32-40)39-30-33-48-51(35-39)57-50-25-10-9-23-47(50)55(48)45-21-7-4-18-42(45)43-19-5-8-22-46(43)55/h1-35H. The molecule has 2 heterocycles. The third kappa shape index (κ3) is 4.84. The topological polar surface area (TPSA) is 12.5 Å². The van der Waals surface area contributed by atoms with Gasteiger partial charge in [0.2, 0.25) is 0 Å². The van der Waals surface area contributed by atoms with E-state index in [-0.39, 0.29) is 0 Å². The Labute approximate surface area is 341 Å². The summed E-state index contributed by atoms with van der Waals surface area (Å²) in [5.41, 5.74) is 15.0. The van der Waals surface area contributed by atoms with Gasteiger partial charge in [-0.1, -0.05) is 158 Å². The summed E-state index contributed by atoms with van der Waals surface area (Å²) < 4.78 is 9.41. The van der Waals surface area contributed by atoms with Crippen molar-refractivity contribution in [2.45, 2.75) is 5.41 Å². The van der Waals surface area contributed by atoms with Crippen LogP contribution in [0.4, 0.5) is 17.1 Å². The molecule has 9 aromatic carbocycles. The fraction of sp³-hybridized carbons (Fsp3) is 0.0182. The van der Waals surface area contributed by atoms with Crippen LogP contribution in [-0.2, 0) is 5.41 Å². The number of nitrogens with zero attached hydrogens (tertiary/aromatic N) is 1. The van der Waals surface area contributed by atoms with E-state index in [1.807, 2.05) is 11.3 Å². The first kappa shape index (κ1) is 33.0. The summed E-state index contributed by atoms with van der Waals surface area (Å²) >= 11 is 1.85. The van der Waals surface area contributed by atoms with Crippen LogP contribution in [0.2, 0.25) is 0 Å². The highest BCUT2D eigenvalue weighted by Gasteiger charge is 2.50. The van der Waals surface area contributed by atoms with Crippen molar-refractivity contribution in [2.75, 3.05) is 4.90 Å². The molecule has 1 aliphatic heterocycles. The summed E-state index contributed by atoms with van der Waals surface area (Å²) in [4.78, 5) is 2.42. The number of hydrogen-bond donors (Lipinski definition) is 0. The molecular weight excluding hydrogens is 723 g/mol. The van der Waals surface area contributed by atoms with Gasteiger partial charge in [0, 0.05) is 42.7 Å². The van der Waals surface area contributed by atoms with Crippen LogP contribution in [0.15, 0.2) is 212 Å². The number of thiophene rings is 1. The second-order valence-corrected chi connectivity index (χ2v) is 16.3. The normalized spacial score (nSPS) is 13.1. The molecule has 1 aliphatic carbocycles. The van der Waals surface area contributed by atoms with Crippen LogP contribution in [0, 0.1) is 0 Å². The Morgan fingerprint density at radius 2 is 0.966 bits per heavy atom. The van der Waals surface area contributed by atoms with Gasteiger partial charge in [0.15, 0.2) is 0 Å².